The number of aliphatic hydroxyl groups excluding tert-OH is 1. The molecule has 0 amide bonds. The summed E-state index contributed by atoms with van der Waals surface area (Å²) in [6.07, 6.45) is -2.57. The van der Waals surface area contributed by atoms with Crippen molar-refractivity contribution in [1.82, 2.24) is 15.0 Å². The normalized spacial score (nSPS) is 15.6. The van der Waals surface area contributed by atoms with Crippen molar-refractivity contribution in [2.75, 3.05) is 55.8 Å². The summed E-state index contributed by atoms with van der Waals surface area (Å²) in [6, 6.07) is 0. The molecule has 10 heteroatoms. The number of anilines is 2. The minimum Gasteiger partial charge on any atom is -0.395 e. The van der Waals surface area contributed by atoms with Crippen molar-refractivity contribution in [3.05, 3.63) is 5.28 Å². The van der Waals surface area contributed by atoms with Gasteiger partial charge in [-0.2, -0.15) is 15.0 Å². The van der Waals surface area contributed by atoms with Crippen LogP contribution in [0.4, 0.5) is 20.7 Å². The summed E-state index contributed by atoms with van der Waals surface area (Å²) in [5, 5.41) is 8.91. The Bertz CT molecular complexity index is 462. The van der Waals surface area contributed by atoms with Crippen LogP contribution in [0.3, 0.4) is 0 Å². The van der Waals surface area contributed by atoms with E-state index in [2.05, 4.69) is 15.0 Å². The number of aliphatic hydroxyl groups is 1. The van der Waals surface area contributed by atoms with E-state index >= 15 is 0 Å². The fourth-order valence-electron chi connectivity index (χ4n) is 1.94. The molecule has 2 heterocycles. The number of nitrogens with zero attached hydrogens (tertiary/aromatic N) is 5. The molecule has 0 aromatic carbocycles. The Morgan fingerprint density at radius 2 is 2.00 bits per heavy atom. The van der Waals surface area contributed by atoms with Crippen LogP contribution in [0, 0.1) is 0 Å². The fourth-order valence-corrected chi connectivity index (χ4v) is 2.09. The highest BCUT2D eigenvalue weighted by molar-refractivity contribution is 6.28. The lowest BCUT2D eigenvalue weighted by Gasteiger charge is -2.28. The predicted octanol–water partition coefficient (Wildman–Crippen LogP) is 0.425. The van der Waals surface area contributed by atoms with Crippen LogP contribution in [0.5, 0.6) is 0 Å². The average molecular weight is 324 g/mol. The van der Waals surface area contributed by atoms with Crippen molar-refractivity contribution in [2.24, 2.45) is 0 Å². The first-order chi connectivity index (χ1) is 10.1. The molecule has 0 atom stereocenters. The van der Waals surface area contributed by atoms with Gasteiger partial charge in [-0.15, -0.1) is 0 Å². The zero-order valence-corrected chi connectivity index (χ0v) is 12.0. The van der Waals surface area contributed by atoms with Gasteiger partial charge in [-0.05, 0) is 11.6 Å². The van der Waals surface area contributed by atoms with Crippen molar-refractivity contribution in [1.29, 1.82) is 0 Å². The number of aromatic nitrogens is 3. The lowest BCUT2D eigenvalue weighted by molar-refractivity contribution is 0.122. The molecule has 2 rings (SSSR count). The van der Waals surface area contributed by atoms with Crippen molar-refractivity contribution < 1.29 is 18.6 Å². The maximum atomic E-state index is 12.6. The van der Waals surface area contributed by atoms with Gasteiger partial charge < -0.3 is 19.6 Å². The molecule has 1 aromatic heterocycles. The molecule has 1 aromatic rings. The van der Waals surface area contributed by atoms with Gasteiger partial charge in [0.15, 0.2) is 0 Å². The van der Waals surface area contributed by atoms with Crippen LogP contribution >= 0.6 is 11.6 Å². The lowest BCUT2D eigenvalue weighted by Crippen LogP contribution is -2.38. The smallest absolute Gasteiger partial charge is 0.255 e. The summed E-state index contributed by atoms with van der Waals surface area (Å²) < 4.78 is 30.4. The van der Waals surface area contributed by atoms with E-state index in [0.717, 1.165) is 0 Å². The Morgan fingerprint density at radius 3 is 2.62 bits per heavy atom. The summed E-state index contributed by atoms with van der Waals surface area (Å²) in [5.41, 5.74) is 0. The van der Waals surface area contributed by atoms with E-state index in [1.54, 1.807) is 0 Å². The Labute approximate surface area is 125 Å². The largest absolute Gasteiger partial charge is 0.395 e. The second kappa shape index (κ2) is 7.62. The van der Waals surface area contributed by atoms with Crippen LogP contribution in [-0.2, 0) is 4.74 Å². The number of hydrogen-bond donors (Lipinski definition) is 1. The molecule has 1 aliphatic rings. The number of hydrogen-bond acceptors (Lipinski definition) is 7. The minimum atomic E-state index is -2.57. The molecule has 0 radical (unpaired) electrons. The van der Waals surface area contributed by atoms with E-state index in [-0.39, 0.29) is 24.4 Å². The molecule has 0 aliphatic carbocycles. The molecule has 7 nitrogen and oxygen atoms in total. The predicted molar refractivity (Wildman–Crippen MR) is 73.2 cm³/mol. The van der Waals surface area contributed by atoms with Crippen LogP contribution in [0.25, 0.3) is 0 Å². The summed E-state index contributed by atoms with van der Waals surface area (Å²) in [6.45, 7) is 1.38. The fraction of sp³-hybridized carbons (Fsp3) is 0.727. The van der Waals surface area contributed by atoms with E-state index in [4.69, 9.17) is 21.4 Å². The highest BCUT2D eigenvalue weighted by atomic mass is 35.5. The molecule has 21 heavy (non-hydrogen) atoms. The molecule has 1 fully saturated rings. The topological polar surface area (TPSA) is 74.6 Å². The maximum Gasteiger partial charge on any atom is 0.255 e. The molecule has 1 saturated heterocycles. The third-order valence-corrected chi connectivity index (χ3v) is 3.06. The first-order valence-electron chi connectivity index (χ1n) is 6.48. The summed E-state index contributed by atoms with van der Waals surface area (Å²) in [7, 11) is 0. The standard InChI is InChI=1S/C11H16ClF2N5O2/c12-9-15-10(18-2-5-21-6-3-18)17-11(16-9)19(1-4-20)7-8(13)14/h8,20H,1-7H2. The minimum absolute atomic E-state index is 0.00671. The van der Waals surface area contributed by atoms with E-state index in [0.29, 0.717) is 32.3 Å². The van der Waals surface area contributed by atoms with Crippen LogP contribution in [0.2, 0.25) is 5.28 Å². The Morgan fingerprint density at radius 1 is 1.29 bits per heavy atom. The van der Waals surface area contributed by atoms with Gasteiger partial charge in [-0.1, -0.05) is 0 Å². The molecule has 118 valence electrons. The van der Waals surface area contributed by atoms with Crippen LogP contribution in [0.1, 0.15) is 0 Å². The number of rotatable bonds is 6. The van der Waals surface area contributed by atoms with Crippen LogP contribution < -0.4 is 9.80 Å². The summed E-state index contributed by atoms with van der Waals surface area (Å²) in [5.74, 6) is 0.358. The van der Waals surface area contributed by atoms with Gasteiger partial charge in [0.25, 0.3) is 6.43 Å². The van der Waals surface area contributed by atoms with Gasteiger partial charge in [0.1, 0.15) is 0 Å². The second-order valence-corrected chi connectivity index (χ2v) is 4.70. The maximum absolute atomic E-state index is 12.6. The molecule has 0 spiro atoms. The van der Waals surface area contributed by atoms with Crippen molar-refractivity contribution in [3.63, 3.8) is 0 Å². The van der Waals surface area contributed by atoms with Gasteiger partial charge in [0.2, 0.25) is 17.2 Å². The summed E-state index contributed by atoms with van der Waals surface area (Å²) >= 11 is 5.85. The molecule has 0 unspecified atom stereocenters. The molecule has 1 aliphatic heterocycles. The van der Waals surface area contributed by atoms with Gasteiger partial charge >= 0.3 is 0 Å². The zero-order valence-electron chi connectivity index (χ0n) is 11.3. The lowest BCUT2D eigenvalue weighted by atomic mass is 10.4. The van der Waals surface area contributed by atoms with Crippen molar-refractivity contribution in [2.45, 2.75) is 6.43 Å². The Balaban J connectivity index is 2.22. The Hall–Kier alpha value is -1.32. The highest BCUT2D eigenvalue weighted by Crippen LogP contribution is 2.18. The number of ether oxygens (including phenoxy) is 1. The number of alkyl halides is 2. The molecular weight excluding hydrogens is 308 g/mol. The third-order valence-electron chi connectivity index (χ3n) is 2.89. The van der Waals surface area contributed by atoms with Crippen LogP contribution in [0.15, 0.2) is 0 Å². The molecule has 0 saturated carbocycles. The second-order valence-electron chi connectivity index (χ2n) is 4.36. The van der Waals surface area contributed by atoms with Gasteiger partial charge in [0, 0.05) is 19.6 Å². The monoisotopic (exact) mass is 323 g/mol. The molecule has 1 N–H and O–H groups in total. The van der Waals surface area contributed by atoms with Crippen molar-refractivity contribution in [3.8, 4) is 0 Å². The Kier molecular flexibility index (Phi) is 5.83. The van der Waals surface area contributed by atoms with E-state index < -0.39 is 13.0 Å². The van der Waals surface area contributed by atoms with E-state index in [1.807, 2.05) is 4.90 Å². The number of morpholine rings is 1. The zero-order chi connectivity index (χ0) is 15.2. The average Bonchev–Trinajstić information content (AvgIpc) is 2.47. The third kappa shape index (κ3) is 4.58. The quantitative estimate of drug-likeness (QED) is 0.813. The van der Waals surface area contributed by atoms with Crippen LogP contribution in [-0.4, -0.2) is 72.5 Å². The van der Waals surface area contributed by atoms with Gasteiger partial charge in [-0.3, -0.25) is 0 Å². The first kappa shape index (κ1) is 16.1. The molecular formula is C11H16ClF2N5O2. The SMILES string of the molecule is OCCN(CC(F)F)c1nc(Cl)nc(N2CCOCC2)n1. The van der Waals surface area contributed by atoms with Gasteiger partial charge in [0.05, 0.1) is 26.4 Å². The first-order valence-corrected chi connectivity index (χ1v) is 6.86. The van der Waals surface area contributed by atoms with E-state index in [1.165, 1.54) is 4.90 Å². The van der Waals surface area contributed by atoms with Gasteiger partial charge in [-0.25, -0.2) is 8.78 Å². The van der Waals surface area contributed by atoms with E-state index in [9.17, 15) is 8.78 Å². The molecule has 0 bridgehead atoms. The summed E-state index contributed by atoms with van der Waals surface area (Å²) in [4.78, 5) is 15.1. The van der Waals surface area contributed by atoms with Crippen molar-refractivity contribution >= 4 is 23.5 Å². The highest BCUT2D eigenvalue weighted by Gasteiger charge is 2.20. The number of halogens is 3.